The van der Waals surface area contributed by atoms with Crippen molar-refractivity contribution in [2.24, 2.45) is 0 Å². The Morgan fingerprint density at radius 3 is 3.11 bits per heavy atom. The predicted octanol–water partition coefficient (Wildman–Crippen LogP) is 3.44. The third-order valence-corrected chi connectivity index (χ3v) is 4.90. The molecular weight excluding hydrogens is 373 g/mol. The first kappa shape index (κ1) is 17.7. The number of carbonyl (C=O) groups excluding carboxylic acids is 1. The van der Waals surface area contributed by atoms with E-state index < -0.39 is 11.8 Å². The van der Waals surface area contributed by atoms with Crippen molar-refractivity contribution in [2.45, 2.75) is 25.8 Å². The third-order valence-electron chi connectivity index (χ3n) is 4.59. The van der Waals surface area contributed by atoms with Gasteiger partial charge in [-0.2, -0.15) is 5.10 Å². The highest BCUT2D eigenvalue weighted by Crippen LogP contribution is 2.38. The van der Waals surface area contributed by atoms with Gasteiger partial charge in [0.05, 0.1) is 25.0 Å². The molecule has 1 fully saturated rings. The van der Waals surface area contributed by atoms with Crippen LogP contribution in [0.25, 0.3) is 5.65 Å². The van der Waals surface area contributed by atoms with Crippen molar-refractivity contribution in [1.82, 2.24) is 19.6 Å². The fourth-order valence-corrected chi connectivity index (χ4v) is 3.64. The van der Waals surface area contributed by atoms with Crippen LogP contribution in [0.1, 0.15) is 41.7 Å². The highest BCUT2D eigenvalue weighted by Gasteiger charge is 2.30. The van der Waals surface area contributed by atoms with Crippen LogP contribution < -0.4 is 4.90 Å². The van der Waals surface area contributed by atoms with Gasteiger partial charge in [-0.05, 0) is 31.9 Å². The SMILES string of the molecule is CCOC(=O)c1cnn2ccc(N3CCC[C@@H]3c3cc(F)cnc3Cl)nc12. The Hall–Kier alpha value is -2.74. The molecule has 0 aromatic carbocycles. The highest BCUT2D eigenvalue weighted by atomic mass is 35.5. The highest BCUT2D eigenvalue weighted by molar-refractivity contribution is 6.30. The van der Waals surface area contributed by atoms with Crippen molar-refractivity contribution < 1.29 is 13.9 Å². The molecule has 4 heterocycles. The summed E-state index contributed by atoms with van der Waals surface area (Å²) in [4.78, 5) is 22.7. The summed E-state index contributed by atoms with van der Waals surface area (Å²) in [6.07, 6.45) is 6.00. The van der Waals surface area contributed by atoms with Gasteiger partial charge in [0.2, 0.25) is 0 Å². The van der Waals surface area contributed by atoms with Crippen LogP contribution in [-0.4, -0.2) is 38.7 Å². The van der Waals surface area contributed by atoms with Gasteiger partial charge < -0.3 is 9.64 Å². The molecule has 4 rings (SSSR count). The van der Waals surface area contributed by atoms with Crippen LogP contribution in [0, 0.1) is 5.82 Å². The van der Waals surface area contributed by atoms with E-state index >= 15 is 0 Å². The van der Waals surface area contributed by atoms with Gasteiger partial charge in [0.1, 0.15) is 22.4 Å². The normalized spacial score (nSPS) is 16.9. The molecular formula is C18H17ClFN5O2. The average molecular weight is 390 g/mol. The molecule has 0 radical (unpaired) electrons. The van der Waals surface area contributed by atoms with E-state index in [0.29, 0.717) is 22.6 Å². The van der Waals surface area contributed by atoms with E-state index in [1.54, 1.807) is 13.1 Å². The summed E-state index contributed by atoms with van der Waals surface area (Å²) in [5, 5.41) is 4.43. The number of pyridine rings is 1. The molecule has 7 nitrogen and oxygen atoms in total. The number of halogens is 2. The van der Waals surface area contributed by atoms with Crippen LogP contribution in [0.3, 0.4) is 0 Å². The van der Waals surface area contributed by atoms with E-state index in [0.717, 1.165) is 25.6 Å². The number of esters is 1. The van der Waals surface area contributed by atoms with Crippen LogP contribution in [0.4, 0.5) is 10.2 Å². The molecule has 0 aliphatic carbocycles. The fraction of sp³-hybridized carbons (Fsp3) is 0.333. The second kappa shape index (κ2) is 7.11. The van der Waals surface area contributed by atoms with E-state index in [9.17, 15) is 9.18 Å². The van der Waals surface area contributed by atoms with Gasteiger partial charge in [0.15, 0.2) is 5.65 Å². The van der Waals surface area contributed by atoms with E-state index in [4.69, 9.17) is 16.3 Å². The maximum absolute atomic E-state index is 13.7. The topological polar surface area (TPSA) is 72.6 Å². The molecule has 3 aromatic rings. The first-order valence-corrected chi connectivity index (χ1v) is 9.05. The van der Waals surface area contributed by atoms with Gasteiger partial charge in [-0.3, -0.25) is 0 Å². The number of hydrogen-bond donors (Lipinski definition) is 0. The maximum Gasteiger partial charge on any atom is 0.343 e. The summed E-state index contributed by atoms with van der Waals surface area (Å²) in [6, 6.07) is 3.10. The lowest BCUT2D eigenvalue weighted by Crippen LogP contribution is -2.24. The maximum atomic E-state index is 13.7. The standard InChI is InChI=1S/C18H17ClFN5O2/c1-2-27-18(26)13-10-22-25-7-5-15(23-17(13)25)24-6-3-4-14(24)12-8-11(20)9-21-16(12)19/h5,7-10,14H,2-4,6H2,1H3/t14-/m1/s1. The molecule has 0 unspecified atom stereocenters. The lowest BCUT2D eigenvalue weighted by molar-refractivity contribution is 0.0528. The molecule has 3 aromatic heterocycles. The monoisotopic (exact) mass is 389 g/mol. The van der Waals surface area contributed by atoms with Crippen molar-refractivity contribution in [3.8, 4) is 0 Å². The van der Waals surface area contributed by atoms with E-state index in [2.05, 4.69) is 15.1 Å². The molecule has 0 N–H and O–H groups in total. The molecule has 0 saturated carbocycles. The second-order valence-electron chi connectivity index (χ2n) is 6.22. The lowest BCUT2D eigenvalue weighted by atomic mass is 10.1. The van der Waals surface area contributed by atoms with E-state index in [-0.39, 0.29) is 17.8 Å². The zero-order valence-corrected chi connectivity index (χ0v) is 15.4. The molecule has 0 amide bonds. The van der Waals surface area contributed by atoms with Gasteiger partial charge in [0.25, 0.3) is 0 Å². The number of anilines is 1. The molecule has 140 valence electrons. The Bertz CT molecular complexity index is 1010. The molecule has 0 spiro atoms. The van der Waals surface area contributed by atoms with Crippen molar-refractivity contribution in [3.63, 3.8) is 0 Å². The Kier molecular flexibility index (Phi) is 4.65. The largest absolute Gasteiger partial charge is 0.462 e. The molecule has 1 saturated heterocycles. The fourth-order valence-electron chi connectivity index (χ4n) is 3.41. The molecule has 1 aliphatic rings. The molecule has 27 heavy (non-hydrogen) atoms. The minimum Gasteiger partial charge on any atom is -0.462 e. The van der Waals surface area contributed by atoms with Gasteiger partial charge >= 0.3 is 5.97 Å². The average Bonchev–Trinajstić information content (AvgIpc) is 3.30. The van der Waals surface area contributed by atoms with Gasteiger partial charge in [-0.15, -0.1) is 0 Å². The van der Waals surface area contributed by atoms with E-state index in [1.165, 1.54) is 16.8 Å². The quantitative estimate of drug-likeness (QED) is 0.502. The van der Waals surface area contributed by atoms with Crippen molar-refractivity contribution in [1.29, 1.82) is 0 Å². The van der Waals surface area contributed by atoms with Crippen molar-refractivity contribution >= 4 is 29.0 Å². The number of ether oxygens (including phenoxy) is 1. The molecule has 1 aliphatic heterocycles. The first-order chi connectivity index (χ1) is 13.1. The van der Waals surface area contributed by atoms with Crippen molar-refractivity contribution in [3.05, 3.63) is 52.8 Å². The Morgan fingerprint density at radius 2 is 2.30 bits per heavy atom. The Labute approximate surface area is 159 Å². The van der Waals surface area contributed by atoms with Crippen LogP contribution >= 0.6 is 11.6 Å². The van der Waals surface area contributed by atoms with Crippen LogP contribution in [0.5, 0.6) is 0 Å². The number of nitrogens with zero attached hydrogens (tertiary/aromatic N) is 5. The number of hydrogen-bond acceptors (Lipinski definition) is 6. The lowest BCUT2D eigenvalue weighted by Gasteiger charge is -2.26. The summed E-state index contributed by atoms with van der Waals surface area (Å²) < 4.78 is 20.3. The summed E-state index contributed by atoms with van der Waals surface area (Å²) >= 11 is 6.21. The van der Waals surface area contributed by atoms with Crippen LogP contribution in [0.2, 0.25) is 5.15 Å². The third kappa shape index (κ3) is 3.21. The summed E-state index contributed by atoms with van der Waals surface area (Å²) in [5.74, 6) is -0.228. The van der Waals surface area contributed by atoms with Gasteiger partial charge in [-0.1, -0.05) is 11.6 Å². The Balaban J connectivity index is 1.73. The number of carbonyl (C=O) groups is 1. The summed E-state index contributed by atoms with van der Waals surface area (Å²) in [5.41, 5.74) is 1.36. The smallest absolute Gasteiger partial charge is 0.343 e. The molecule has 0 bridgehead atoms. The predicted molar refractivity (Wildman–Crippen MR) is 97.5 cm³/mol. The summed E-state index contributed by atoms with van der Waals surface area (Å²) in [6.45, 7) is 2.76. The van der Waals surface area contributed by atoms with Gasteiger partial charge in [0, 0.05) is 18.3 Å². The van der Waals surface area contributed by atoms with Gasteiger partial charge in [-0.25, -0.2) is 23.7 Å². The van der Waals surface area contributed by atoms with E-state index in [1.807, 2.05) is 11.0 Å². The zero-order valence-electron chi connectivity index (χ0n) is 14.6. The van der Waals surface area contributed by atoms with Crippen molar-refractivity contribution in [2.75, 3.05) is 18.1 Å². The first-order valence-electron chi connectivity index (χ1n) is 8.67. The Morgan fingerprint density at radius 1 is 1.44 bits per heavy atom. The number of rotatable bonds is 4. The number of fused-ring (bicyclic) bond motifs is 1. The second-order valence-corrected chi connectivity index (χ2v) is 6.58. The minimum atomic E-state index is -0.465. The van der Waals surface area contributed by atoms with Crippen LogP contribution in [-0.2, 0) is 4.74 Å². The zero-order chi connectivity index (χ0) is 19.0. The van der Waals surface area contributed by atoms with Crippen LogP contribution in [0.15, 0.2) is 30.7 Å². The summed E-state index contributed by atoms with van der Waals surface area (Å²) in [7, 11) is 0. The minimum absolute atomic E-state index is 0.135. The molecule has 1 atom stereocenters. The molecule has 9 heteroatoms. The number of aromatic nitrogens is 4.